The lowest BCUT2D eigenvalue weighted by Gasteiger charge is -2.13. The van der Waals surface area contributed by atoms with Crippen molar-refractivity contribution in [2.75, 3.05) is 15.8 Å². The van der Waals surface area contributed by atoms with Crippen molar-refractivity contribution in [2.24, 2.45) is 16.0 Å². The van der Waals surface area contributed by atoms with Crippen LogP contribution in [0.4, 0.5) is 21.9 Å². The third-order valence-electron chi connectivity index (χ3n) is 5.61. The van der Waals surface area contributed by atoms with Crippen molar-refractivity contribution in [3.8, 4) is 16.9 Å². The van der Waals surface area contributed by atoms with E-state index < -0.39 is 6.03 Å². The number of aromatic hydroxyl groups is 1. The van der Waals surface area contributed by atoms with Crippen LogP contribution in [0.25, 0.3) is 11.1 Å². The Bertz CT molecular complexity index is 1380. The maximum absolute atomic E-state index is 13.0. The molecule has 0 aliphatic carbocycles. The van der Waals surface area contributed by atoms with Crippen molar-refractivity contribution in [3.63, 3.8) is 0 Å². The van der Waals surface area contributed by atoms with Gasteiger partial charge in [-0.15, -0.1) is 0 Å². The van der Waals surface area contributed by atoms with Gasteiger partial charge in [-0.3, -0.25) is 15.6 Å². The second kappa shape index (κ2) is 9.65. The molecule has 0 saturated heterocycles. The number of anilines is 3. The number of phenols is 1. The molecule has 10 nitrogen and oxygen atoms in total. The normalized spacial score (nSPS) is 14.2. The fraction of sp³-hybridized carbons (Fsp3) is 0.120. The number of carbonyl (C=O) groups excluding carboxylic acids is 2. The van der Waals surface area contributed by atoms with E-state index >= 15 is 0 Å². The van der Waals surface area contributed by atoms with Crippen LogP contribution in [-0.4, -0.2) is 28.5 Å². The van der Waals surface area contributed by atoms with Gasteiger partial charge in [0.15, 0.2) is 5.71 Å². The number of amides is 3. The van der Waals surface area contributed by atoms with E-state index in [9.17, 15) is 14.7 Å². The van der Waals surface area contributed by atoms with Crippen molar-refractivity contribution < 1.29 is 14.7 Å². The maximum atomic E-state index is 13.0. The largest absolute Gasteiger partial charge is 0.505 e. The molecule has 0 saturated carbocycles. The topological polar surface area (TPSA) is 144 Å². The molecule has 0 spiro atoms. The van der Waals surface area contributed by atoms with Gasteiger partial charge in [0.2, 0.25) is 0 Å². The van der Waals surface area contributed by atoms with Gasteiger partial charge in [-0.1, -0.05) is 30.3 Å². The summed E-state index contributed by atoms with van der Waals surface area (Å²) < 4.78 is 0. The number of hydrazine groups is 1. The van der Waals surface area contributed by atoms with Crippen molar-refractivity contribution >= 4 is 40.4 Å². The van der Waals surface area contributed by atoms with E-state index in [4.69, 9.17) is 5.84 Å². The minimum atomic E-state index is -0.564. The first-order valence-corrected chi connectivity index (χ1v) is 10.8. The summed E-state index contributed by atoms with van der Waals surface area (Å²) in [5, 5.41) is 23.4. The summed E-state index contributed by atoms with van der Waals surface area (Å²) in [6.07, 6.45) is 0. The fourth-order valence-corrected chi connectivity index (χ4v) is 3.57. The number of benzene rings is 3. The molecule has 0 radical (unpaired) electrons. The smallest absolute Gasteiger partial charge is 0.333 e. The maximum Gasteiger partial charge on any atom is 0.333 e. The fourth-order valence-electron chi connectivity index (χ4n) is 3.57. The zero-order valence-corrected chi connectivity index (χ0v) is 19.5. The van der Waals surface area contributed by atoms with Gasteiger partial charge >= 0.3 is 11.9 Å². The van der Waals surface area contributed by atoms with E-state index in [1.54, 1.807) is 49.4 Å². The zero-order chi connectivity index (χ0) is 25.1. The summed E-state index contributed by atoms with van der Waals surface area (Å²) in [7, 11) is 0. The molecule has 6 N–H and O–H groups in total. The van der Waals surface area contributed by atoms with Crippen LogP contribution in [0.1, 0.15) is 18.1 Å². The number of carbonyl (C=O) groups is 2. The van der Waals surface area contributed by atoms with Crippen molar-refractivity contribution in [3.05, 3.63) is 71.8 Å². The second-order valence-electron chi connectivity index (χ2n) is 8.02. The Labute approximate surface area is 202 Å². The van der Waals surface area contributed by atoms with Gasteiger partial charge in [-0.2, -0.15) is 15.2 Å². The first-order valence-electron chi connectivity index (χ1n) is 10.8. The number of urea groups is 1. The van der Waals surface area contributed by atoms with Gasteiger partial charge in [0.1, 0.15) is 5.75 Å². The van der Waals surface area contributed by atoms with Crippen LogP contribution in [0.3, 0.4) is 0 Å². The average Bonchev–Trinajstić information content (AvgIpc) is 3.13. The average molecular weight is 472 g/mol. The van der Waals surface area contributed by atoms with E-state index in [0.717, 1.165) is 11.1 Å². The summed E-state index contributed by atoms with van der Waals surface area (Å²) in [6.45, 7) is 5.67. The molecule has 3 aromatic carbocycles. The van der Waals surface area contributed by atoms with Crippen LogP contribution < -0.4 is 27.0 Å². The van der Waals surface area contributed by atoms with Gasteiger partial charge in [-0.05, 0) is 67.8 Å². The Morgan fingerprint density at radius 3 is 2.54 bits per heavy atom. The number of hydrogen-bond acceptors (Lipinski definition) is 7. The highest BCUT2D eigenvalue weighted by molar-refractivity contribution is 6.71. The molecule has 0 unspecified atom stereocenters. The van der Waals surface area contributed by atoms with E-state index in [1.807, 2.05) is 37.5 Å². The first kappa shape index (κ1) is 23.5. The highest BCUT2D eigenvalue weighted by atomic mass is 16.3. The standard InChI is InChI=1S/C25H25N7O3/c1-14-10-11-19(12-15(14)2)32-24(34)22(16(3)31-32)30-29-21-9-5-8-20(23(21)33)17-6-4-7-18(13-17)27-25(35)28-26/h4-13,29,33H,26H2,1-3H3,(H2,27,28,35)/b30-22-. The summed E-state index contributed by atoms with van der Waals surface area (Å²) >= 11 is 0. The Morgan fingerprint density at radius 1 is 1.03 bits per heavy atom. The number of nitrogens with two attached hydrogens (primary N) is 1. The zero-order valence-electron chi connectivity index (χ0n) is 19.5. The second-order valence-corrected chi connectivity index (χ2v) is 8.02. The quantitative estimate of drug-likeness (QED) is 0.166. The molecular weight excluding hydrogens is 446 g/mol. The molecule has 0 bridgehead atoms. The Morgan fingerprint density at radius 2 is 1.80 bits per heavy atom. The SMILES string of the molecule is CC1=NN(c2ccc(C)c(C)c2)C(=O)/C1=N\Nc1cccc(-c2cccc(NC(=O)NN)c2)c1O. The molecule has 0 atom stereocenters. The van der Waals surface area contributed by atoms with Gasteiger partial charge in [0.05, 0.1) is 17.1 Å². The van der Waals surface area contributed by atoms with Crippen LogP contribution in [0.5, 0.6) is 5.75 Å². The van der Waals surface area contributed by atoms with Crippen LogP contribution in [-0.2, 0) is 4.79 Å². The van der Waals surface area contributed by atoms with Crippen LogP contribution in [0.2, 0.25) is 0 Å². The number of rotatable bonds is 5. The summed E-state index contributed by atoms with van der Waals surface area (Å²) in [6, 6.07) is 17.1. The van der Waals surface area contributed by atoms with E-state index in [0.29, 0.717) is 33.9 Å². The molecule has 1 heterocycles. The van der Waals surface area contributed by atoms with Crippen LogP contribution in [0, 0.1) is 13.8 Å². The summed E-state index contributed by atoms with van der Waals surface area (Å²) in [5.41, 5.74) is 10.2. The van der Waals surface area contributed by atoms with E-state index in [2.05, 4.69) is 20.9 Å². The molecule has 3 amide bonds. The molecule has 0 aromatic heterocycles. The monoisotopic (exact) mass is 471 g/mol. The molecule has 1 aliphatic rings. The Kier molecular flexibility index (Phi) is 6.47. The number of aryl methyl sites for hydroxylation is 2. The van der Waals surface area contributed by atoms with Gasteiger partial charge in [0, 0.05) is 11.3 Å². The number of nitrogens with zero attached hydrogens (tertiary/aromatic N) is 3. The molecule has 3 aromatic rings. The number of para-hydroxylation sites is 1. The lowest BCUT2D eigenvalue weighted by atomic mass is 10.0. The third kappa shape index (κ3) is 4.82. The number of hydrazone groups is 2. The van der Waals surface area contributed by atoms with Gasteiger partial charge in [-0.25, -0.2) is 10.6 Å². The molecule has 4 rings (SSSR count). The lowest BCUT2D eigenvalue weighted by molar-refractivity contribution is -0.112. The van der Waals surface area contributed by atoms with Crippen LogP contribution in [0.15, 0.2) is 70.9 Å². The third-order valence-corrected chi connectivity index (χ3v) is 5.61. The van der Waals surface area contributed by atoms with Crippen molar-refractivity contribution in [2.45, 2.75) is 20.8 Å². The van der Waals surface area contributed by atoms with Gasteiger partial charge in [0.25, 0.3) is 0 Å². The first-order chi connectivity index (χ1) is 16.8. The molecule has 35 heavy (non-hydrogen) atoms. The minimum Gasteiger partial charge on any atom is -0.505 e. The van der Waals surface area contributed by atoms with Crippen molar-refractivity contribution in [1.29, 1.82) is 0 Å². The van der Waals surface area contributed by atoms with E-state index in [-0.39, 0.29) is 17.4 Å². The molecular formula is C25H25N7O3. The predicted molar refractivity (Wildman–Crippen MR) is 137 cm³/mol. The molecule has 10 heteroatoms. The molecule has 1 aliphatic heterocycles. The minimum absolute atomic E-state index is 0.0664. The Hall–Kier alpha value is -4.70. The summed E-state index contributed by atoms with van der Waals surface area (Å²) in [5.74, 6) is 4.68. The van der Waals surface area contributed by atoms with Crippen LogP contribution >= 0.6 is 0 Å². The number of phenolic OH excluding ortho intramolecular Hbond substituents is 1. The summed E-state index contributed by atoms with van der Waals surface area (Å²) in [4.78, 5) is 24.5. The highest BCUT2D eigenvalue weighted by Crippen LogP contribution is 2.36. The number of nitrogens with one attached hydrogen (secondary N) is 3. The van der Waals surface area contributed by atoms with Gasteiger partial charge < -0.3 is 10.4 Å². The predicted octanol–water partition coefficient (Wildman–Crippen LogP) is 3.86. The van der Waals surface area contributed by atoms with Crippen molar-refractivity contribution in [1.82, 2.24) is 5.43 Å². The number of hydrogen-bond donors (Lipinski definition) is 5. The molecule has 0 fully saturated rings. The Balaban J connectivity index is 1.57. The highest BCUT2D eigenvalue weighted by Gasteiger charge is 2.31. The van der Waals surface area contributed by atoms with E-state index in [1.165, 1.54) is 5.01 Å². The molecule has 178 valence electrons. The lowest BCUT2D eigenvalue weighted by Crippen LogP contribution is -2.34.